The minimum atomic E-state index is -0.369. The third-order valence-corrected chi connectivity index (χ3v) is 8.09. The van der Waals surface area contributed by atoms with E-state index in [0.717, 1.165) is 46.6 Å². The molecule has 6 rings (SSSR count). The molecule has 0 fully saturated rings. The fourth-order valence-corrected chi connectivity index (χ4v) is 5.70. The maximum absolute atomic E-state index is 13.8. The van der Waals surface area contributed by atoms with Gasteiger partial charge in [-0.05, 0) is 49.6 Å². The molecule has 0 spiro atoms. The number of nitrogens with zero attached hydrogens (tertiary/aromatic N) is 7. The van der Waals surface area contributed by atoms with Crippen LogP contribution in [0.15, 0.2) is 72.3 Å². The van der Waals surface area contributed by atoms with Crippen LogP contribution in [-0.4, -0.2) is 40.0 Å². The average molecular weight is 583 g/mol. The number of halogens is 1. The maximum atomic E-state index is 13.8. The first kappa shape index (κ1) is 27.6. The van der Waals surface area contributed by atoms with Crippen molar-refractivity contribution in [1.82, 2.24) is 34.1 Å². The second-order valence-corrected chi connectivity index (χ2v) is 11.1. The molecule has 42 heavy (non-hydrogen) atoms. The lowest BCUT2D eigenvalue weighted by Gasteiger charge is -2.22. The standard InChI is InChI=1S/C31H31ClN8O2/c1-4-39-17-21(15-36-39)23-9-8-22(32)13-24(23)25-14-29(41)40(18-34-25)28-7-5-6-19(2)31(42)37-27-16-35-38(3)30(27)20-10-11-33-26(28)12-20/h8-19,28H,4-7H2,1-3H3,(H,37,42)/t19-,28+/m1/s1. The van der Waals surface area contributed by atoms with Crippen molar-refractivity contribution in [3.8, 4) is 33.6 Å². The van der Waals surface area contributed by atoms with E-state index in [4.69, 9.17) is 16.6 Å². The number of rotatable bonds is 4. The summed E-state index contributed by atoms with van der Waals surface area (Å²) in [6, 6.07) is 10.6. The molecule has 1 aliphatic heterocycles. The van der Waals surface area contributed by atoms with Gasteiger partial charge in [-0.2, -0.15) is 10.2 Å². The molecule has 0 unspecified atom stereocenters. The van der Waals surface area contributed by atoms with Crippen molar-refractivity contribution < 1.29 is 4.79 Å². The molecule has 2 bridgehead atoms. The third kappa shape index (κ3) is 5.25. The molecular formula is C31H31ClN8O2. The lowest BCUT2D eigenvalue weighted by molar-refractivity contribution is -0.119. The van der Waals surface area contributed by atoms with Gasteiger partial charge in [0, 0.05) is 59.7 Å². The minimum Gasteiger partial charge on any atom is -0.323 e. The summed E-state index contributed by atoms with van der Waals surface area (Å²) in [5, 5.41) is 12.4. The first-order valence-electron chi connectivity index (χ1n) is 14.0. The molecule has 0 radical (unpaired) electrons. The molecule has 5 aromatic rings. The predicted octanol–water partition coefficient (Wildman–Crippen LogP) is 5.59. The molecule has 1 amide bonds. The van der Waals surface area contributed by atoms with Crippen molar-refractivity contribution in [1.29, 1.82) is 0 Å². The van der Waals surface area contributed by atoms with Gasteiger partial charge in [-0.25, -0.2) is 4.98 Å². The first-order chi connectivity index (χ1) is 20.3. The molecule has 4 aromatic heterocycles. The molecule has 0 aliphatic carbocycles. The number of hydrogen-bond acceptors (Lipinski definition) is 6. The number of aryl methyl sites for hydroxylation is 2. The quantitative estimate of drug-likeness (QED) is 0.295. The number of fused-ring (bicyclic) bond motifs is 4. The zero-order valence-electron chi connectivity index (χ0n) is 23.7. The van der Waals surface area contributed by atoms with Gasteiger partial charge < -0.3 is 5.32 Å². The van der Waals surface area contributed by atoms with Gasteiger partial charge >= 0.3 is 0 Å². The Morgan fingerprint density at radius 1 is 1.00 bits per heavy atom. The summed E-state index contributed by atoms with van der Waals surface area (Å²) in [4.78, 5) is 36.1. The minimum absolute atomic E-state index is 0.0550. The Kier molecular flexibility index (Phi) is 7.47. The van der Waals surface area contributed by atoms with E-state index in [1.54, 1.807) is 40.2 Å². The number of amides is 1. The number of benzene rings is 1. The average Bonchev–Trinajstić information content (AvgIpc) is 3.61. The molecule has 0 saturated heterocycles. The second kappa shape index (κ2) is 11.4. The van der Waals surface area contributed by atoms with Crippen LogP contribution in [0.5, 0.6) is 0 Å². The number of carbonyl (C=O) groups excluding carboxylic acids is 1. The third-order valence-electron chi connectivity index (χ3n) is 7.85. The Hall–Kier alpha value is -4.57. The van der Waals surface area contributed by atoms with Crippen LogP contribution in [0.1, 0.15) is 44.8 Å². The number of aromatic nitrogens is 7. The summed E-state index contributed by atoms with van der Waals surface area (Å²) in [5.41, 5.74) is 5.90. The molecule has 0 saturated carbocycles. The topological polar surface area (TPSA) is 113 Å². The Labute approximate surface area is 248 Å². The molecule has 11 heteroatoms. The first-order valence-corrected chi connectivity index (χ1v) is 14.4. The molecule has 214 valence electrons. The van der Waals surface area contributed by atoms with E-state index in [1.807, 2.05) is 62.1 Å². The van der Waals surface area contributed by atoms with Gasteiger partial charge in [0.05, 0.1) is 47.5 Å². The van der Waals surface area contributed by atoms with Crippen LogP contribution in [0.2, 0.25) is 5.02 Å². The van der Waals surface area contributed by atoms with E-state index in [2.05, 4.69) is 20.5 Å². The van der Waals surface area contributed by atoms with Crippen LogP contribution in [-0.2, 0) is 18.4 Å². The number of pyridine rings is 1. The summed E-state index contributed by atoms with van der Waals surface area (Å²) < 4.78 is 5.22. The molecular weight excluding hydrogens is 552 g/mol. The largest absolute Gasteiger partial charge is 0.323 e. The van der Waals surface area contributed by atoms with Crippen molar-refractivity contribution in [3.05, 3.63) is 88.6 Å². The fourth-order valence-electron chi connectivity index (χ4n) is 5.53. The highest BCUT2D eigenvalue weighted by atomic mass is 35.5. The predicted molar refractivity (Wildman–Crippen MR) is 162 cm³/mol. The Balaban J connectivity index is 1.43. The Morgan fingerprint density at radius 3 is 2.64 bits per heavy atom. The molecule has 2 atom stereocenters. The highest BCUT2D eigenvalue weighted by Gasteiger charge is 2.24. The van der Waals surface area contributed by atoms with E-state index < -0.39 is 0 Å². The fraction of sp³-hybridized carbons (Fsp3) is 0.290. The number of nitrogens with one attached hydrogen (secondary N) is 1. The van der Waals surface area contributed by atoms with E-state index in [-0.39, 0.29) is 23.4 Å². The maximum Gasteiger partial charge on any atom is 0.254 e. The summed E-state index contributed by atoms with van der Waals surface area (Å²) in [6.45, 7) is 4.69. The molecule has 1 N–H and O–H groups in total. The summed E-state index contributed by atoms with van der Waals surface area (Å²) in [5.74, 6) is -0.263. The van der Waals surface area contributed by atoms with Gasteiger partial charge in [0.2, 0.25) is 5.91 Å². The Bertz CT molecular complexity index is 1840. The van der Waals surface area contributed by atoms with Crippen molar-refractivity contribution in [2.45, 2.75) is 45.7 Å². The van der Waals surface area contributed by atoms with Gasteiger partial charge in [-0.1, -0.05) is 31.0 Å². The monoisotopic (exact) mass is 582 g/mol. The highest BCUT2D eigenvalue weighted by Crippen LogP contribution is 2.34. The van der Waals surface area contributed by atoms with Crippen molar-refractivity contribution in [2.24, 2.45) is 13.0 Å². The lowest BCUT2D eigenvalue weighted by Crippen LogP contribution is -2.27. The SMILES string of the molecule is CCn1cc(-c2ccc(Cl)cc2-c2cc(=O)n([C@H]3CCC[C@@H](C)C(=O)Nc4cnn(C)c4-c4ccnc3c4)cn2)cn1. The van der Waals surface area contributed by atoms with Crippen LogP contribution in [0.4, 0.5) is 5.69 Å². The normalized spacial score (nSPS) is 17.2. The molecule has 1 aromatic carbocycles. The van der Waals surface area contributed by atoms with Crippen LogP contribution in [0.25, 0.3) is 33.6 Å². The van der Waals surface area contributed by atoms with Gasteiger partial charge in [-0.3, -0.25) is 28.5 Å². The van der Waals surface area contributed by atoms with Crippen LogP contribution < -0.4 is 10.9 Å². The van der Waals surface area contributed by atoms with Crippen molar-refractivity contribution >= 4 is 23.2 Å². The van der Waals surface area contributed by atoms with Gasteiger partial charge in [-0.15, -0.1) is 0 Å². The zero-order valence-corrected chi connectivity index (χ0v) is 24.4. The zero-order chi connectivity index (χ0) is 29.4. The molecule has 10 nitrogen and oxygen atoms in total. The highest BCUT2D eigenvalue weighted by molar-refractivity contribution is 6.31. The summed E-state index contributed by atoms with van der Waals surface area (Å²) in [7, 11) is 1.84. The van der Waals surface area contributed by atoms with Crippen molar-refractivity contribution in [3.63, 3.8) is 0 Å². The van der Waals surface area contributed by atoms with Gasteiger partial charge in [0.15, 0.2) is 0 Å². The van der Waals surface area contributed by atoms with Gasteiger partial charge in [0.1, 0.15) is 0 Å². The van der Waals surface area contributed by atoms with E-state index >= 15 is 0 Å². The van der Waals surface area contributed by atoms with Crippen LogP contribution in [0, 0.1) is 5.92 Å². The lowest BCUT2D eigenvalue weighted by atomic mass is 9.96. The Morgan fingerprint density at radius 2 is 1.86 bits per heavy atom. The van der Waals surface area contributed by atoms with E-state index in [1.165, 1.54) is 0 Å². The van der Waals surface area contributed by atoms with Crippen LogP contribution >= 0.6 is 11.6 Å². The second-order valence-electron chi connectivity index (χ2n) is 10.6. The molecule has 1 aliphatic rings. The number of hydrogen-bond donors (Lipinski definition) is 1. The van der Waals surface area contributed by atoms with Crippen LogP contribution in [0.3, 0.4) is 0 Å². The smallest absolute Gasteiger partial charge is 0.254 e. The van der Waals surface area contributed by atoms with E-state index in [0.29, 0.717) is 29.2 Å². The van der Waals surface area contributed by atoms with Crippen molar-refractivity contribution in [2.75, 3.05) is 5.32 Å². The molecule has 5 heterocycles. The van der Waals surface area contributed by atoms with E-state index in [9.17, 15) is 9.59 Å². The summed E-state index contributed by atoms with van der Waals surface area (Å²) in [6.07, 6.45) is 10.7. The number of carbonyl (C=O) groups is 1. The number of anilines is 1. The van der Waals surface area contributed by atoms with Gasteiger partial charge in [0.25, 0.3) is 5.56 Å². The summed E-state index contributed by atoms with van der Waals surface area (Å²) >= 11 is 6.39.